The number of carbonyl (C=O) groups excluding carboxylic acids is 1. The van der Waals surface area contributed by atoms with E-state index in [1.165, 1.54) is 19.2 Å². The fourth-order valence-electron chi connectivity index (χ4n) is 2.99. The Morgan fingerprint density at radius 1 is 1.10 bits per heavy atom. The Kier molecular flexibility index (Phi) is 5.77. The summed E-state index contributed by atoms with van der Waals surface area (Å²) in [7, 11) is 1.47. The molecular weight excluding hydrogens is 394 g/mol. The Morgan fingerprint density at radius 2 is 1.87 bits per heavy atom. The molecule has 1 atom stereocenters. The number of carboxylic acid groups (broad SMARTS) is 1. The first kappa shape index (κ1) is 20.9. The number of benzene rings is 2. The summed E-state index contributed by atoms with van der Waals surface area (Å²) in [5, 5.41) is 12.0. The van der Waals surface area contributed by atoms with Gasteiger partial charge >= 0.3 is 5.97 Å². The molecule has 3 aromatic rings. The number of nitrogens with zero attached hydrogens (tertiary/aromatic N) is 1. The van der Waals surface area contributed by atoms with Gasteiger partial charge in [-0.25, -0.2) is 13.6 Å². The van der Waals surface area contributed by atoms with Crippen molar-refractivity contribution >= 4 is 11.9 Å². The number of aromatic nitrogens is 1. The van der Waals surface area contributed by atoms with Crippen LogP contribution >= 0.6 is 0 Å². The molecule has 0 spiro atoms. The molecule has 1 amide bonds. The fraction of sp³-hybridized carbons (Fsp3) is 0.136. The number of nitrogens with one attached hydrogen (secondary N) is 1. The van der Waals surface area contributed by atoms with Crippen molar-refractivity contribution in [3.63, 3.8) is 0 Å². The molecule has 1 unspecified atom stereocenters. The number of aliphatic carboxylic acids is 1. The molecule has 0 aliphatic carbocycles. The molecule has 2 N–H and O–H groups in total. The van der Waals surface area contributed by atoms with Gasteiger partial charge in [-0.2, -0.15) is 0 Å². The number of methoxy groups -OCH3 is 1. The summed E-state index contributed by atoms with van der Waals surface area (Å²) < 4.78 is 33.2. The third-order valence-corrected chi connectivity index (χ3v) is 4.66. The van der Waals surface area contributed by atoms with Crippen molar-refractivity contribution < 1.29 is 28.2 Å². The maximum atomic E-state index is 14.3. The molecule has 0 aliphatic rings. The van der Waals surface area contributed by atoms with Crippen LogP contribution in [0.3, 0.4) is 0 Å². The number of halogens is 2. The molecule has 8 heteroatoms. The quantitative estimate of drug-likeness (QED) is 0.644. The summed E-state index contributed by atoms with van der Waals surface area (Å²) in [5.41, 5.74) is -1.54. The number of pyridine rings is 1. The molecule has 154 valence electrons. The third-order valence-electron chi connectivity index (χ3n) is 4.66. The predicted molar refractivity (Wildman–Crippen MR) is 105 cm³/mol. The van der Waals surface area contributed by atoms with E-state index >= 15 is 0 Å². The van der Waals surface area contributed by atoms with Crippen molar-refractivity contribution in [2.45, 2.75) is 12.5 Å². The van der Waals surface area contributed by atoms with Gasteiger partial charge in [-0.1, -0.05) is 6.07 Å². The Labute approximate surface area is 171 Å². The zero-order chi connectivity index (χ0) is 21.9. The molecule has 0 radical (unpaired) electrons. The van der Waals surface area contributed by atoms with Crippen LogP contribution in [0.1, 0.15) is 22.8 Å². The second-order valence-electron chi connectivity index (χ2n) is 6.64. The summed E-state index contributed by atoms with van der Waals surface area (Å²) in [6.45, 7) is 1.09. The van der Waals surface area contributed by atoms with Crippen LogP contribution in [0, 0.1) is 11.6 Å². The summed E-state index contributed by atoms with van der Waals surface area (Å²) in [6, 6.07) is 12.1. The lowest BCUT2D eigenvalue weighted by atomic mass is 9.90. The van der Waals surface area contributed by atoms with Crippen molar-refractivity contribution in [1.82, 2.24) is 10.3 Å². The molecule has 1 heterocycles. The summed E-state index contributed by atoms with van der Waals surface area (Å²) >= 11 is 0. The number of ether oxygens (including phenoxy) is 1. The molecule has 0 saturated heterocycles. The maximum absolute atomic E-state index is 14.3. The second-order valence-corrected chi connectivity index (χ2v) is 6.64. The molecule has 6 nitrogen and oxygen atoms in total. The molecule has 3 rings (SSSR count). The molecule has 30 heavy (non-hydrogen) atoms. The van der Waals surface area contributed by atoms with E-state index in [2.05, 4.69) is 10.3 Å². The molecule has 2 aromatic carbocycles. The summed E-state index contributed by atoms with van der Waals surface area (Å²) in [4.78, 5) is 29.0. The zero-order valence-corrected chi connectivity index (χ0v) is 16.1. The summed E-state index contributed by atoms with van der Waals surface area (Å²) in [6.07, 6.45) is 1.58. The van der Waals surface area contributed by atoms with E-state index in [9.17, 15) is 23.5 Å². The highest BCUT2D eigenvalue weighted by molar-refractivity contribution is 5.99. The van der Waals surface area contributed by atoms with Crippen LogP contribution in [0.2, 0.25) is 0 Å². The Bertz CT molecular complexity index is 1110. The first-order chi connectivity index (χ1) is 14.3. The molecular formula is C22H18F2N2O4. The van der Waals surface area contributed by atoms with E-state index in [0.717, 1.165) is 25.1 Å². The van der Waals surface area contributed by atoms with Gasteiger partial charge in [0.25, 0.3) is 5.91 Å². The van der Waals surface area contributed by atoms with Gasteiger partial charge < -0.3 is 15.2 Å². The van der Waals surface area contributed by atoms with E-state index in [-0.39, 0.29) is 5.56 Å². The monoisotopic (exact) mass is 412 g/mol. The molecule has 0 aliphatic heterocycles. The van der Waals surface area contributed by atoms with Gasteiger partial charge in [-0.15, -0.1) is 0 Å². The van der Waals surface area contributed by atoms with Crippen LogP contribution in [0.5, 0.6) is 5.75 Å². The number of hydrogen-bond acceptors (Lipinski definition) is 4. The average molecular weight is 412 g/mol. The number of carboxylic acids is 1. The van der Waals surface area contributed by atoms with Gasteiger partial charge in [-0.3, -0.25) is 9.78 Å². The SMILES string of the molecule is COc1ccc(C(=O)NC(C)(C(=O)O)c2cc(F)ccc2F)cc1-c1ccccn1. The van der Waals surface area contributed by atoms with E-state index in [4.69, 9.17) is 4.74 Å². The zero-order valence-electron chi connectivity index (χ0n) is 16.1. The van der Waals surface area contributed by atoms with Crippen LogP contribution in [0.15, 0.2) is 60.8 Å². The predicted octanol–water partition coefficient (Wildman–Crippen LogP) is 3.77. The van der Waals surface area contributed by atoms with E-state index in [1.54, 1.807) is 30.5 Å². The van der Waals surface area contributed by atoms with E-state index < -0.39 is 34.6 Å². The lowest BCUT2D eigenvalue weighted by Crippen LogP contribution is -2.50. The van der Waals surface area contributed by atoms with Gasteiger partial charge in [0.2, 0.25) is 0 Å². The van der Waals surface area contributed by atoms with Crippen molar-refractivity contribution in [3.8, 4) is 17.0 Å². The van der Waals surface area contributed by atoms with E-state index in [1.807, 2.05) is 0 Å². The van der Waals surface area contributed by atoms with Crippen LogP contribution in [0.25, 0.3) is 11.3 Å². The number of carbonyl (C=O) groups is 2. The normalized spacial score (nSPS) is 12.7. The van der Waals surface area contributed by atoms with Gasteiger partial charge in [-0.05, 0) is 55.5 Å². The first-order valence-corrected chi connectivity index (χ1v) is 8.87. The van der Waals surface area contributed by atoms with Crippen LogP contribution in [-0.2, 0) is 10.3 Å². The molecule has 0 fully saturated rings. The second kappa shape index (κ2) is 8.28. The fourth-order valence-corrected chi connectivity index (χ4v) is 2.99. The third kappa shape index (κ3) is 3.98. The standard InChI is InChI=1S/C22H18F2N2O4/c1-22(21(28)29,16-12-14(23)7-8-17(16)24)26-20(27)13-6-9-19(30-2)15(11-13)18-5-3-4-10-25-18/h3-12H,1-2H3,(H,26,27)(H,28,29). The molecule has 1 aromatic heterocycles. The van der Waals surface area contributed by atoms with Crippen molar-refractivity contribution in [3.05, 3.63) is 83.6 Å². The highest BCUT2D eigenvalue weighted by Crippen LogP contribution is 2.30. The highest BCUT2D eigenvalue weighted by Gasteiger charge is 2.40. The highest BCUT2D eigenvalue weighted by atomic mass is 19.1. The first-order valence-electron chi connectivity index (χ1n) is 8.87. The summed E-state index contributed by atoms with van der Waals surface area (Å²) in [5.74, 6) is -3.65. The largest absolute Gasteiger partial charge is 0.496 e. The minimum atomic E-state index is -2.20. The van der Waals surface area contributed by atoms with Crippen LogP contribution in [0.4, 0.5) is 8.78 Å². The van der Waals surface area contributed by atoms with Crippen molar-refractivity contribution in [1.29, 1.82) is 0 Å². The van der Waals surface area contributed by atoms with Crippen molar-refractivity contribution in [2.75, 3.05) is 7.11 Å². The van der Waals surface area contributed by atoms with Gasteiger partial charge in [0, 0.05) is 22.9 Å². The lowest BCUT2D eigenvalue weighted by molar-refractivity contribution is -0.144. The minimum absolute atomic E-state index is 0.0979. The van der Waals surface area contributed by atoms with Gasteiger partial charge in [0.1, 0.15) is 17.4 Å². The lowest BCUT2D eigenvalue weighted by Gasteiger charge is -2.27. The van der Waals surface area contributed by atoms with Crippen molar-refractivity contribution in [2.24, 2.45) is 0 Å². The van der Waals surface area contributed by atoms with E-state index in [0.29, 0.717) is 17.0 Å². The number of amides is 1. The molecule has 0 saturated carbocycles. The number of hydrogen-bond donors (Lipinski definition) is 2. The number of rotatable bonds is 6. The van der Waals surface area contributed by atoms with Gasteiger partial charge in [0.05, 0.1) is 12.8 Å². The van der Waals surface area contributed by atoms with Crippen LogP contribution in [-0.4, -0.2) is 29.1 Å². The maximum Gasteiger partial charge on any atom is 0.333 e. The Morgan fingerprint density at radius 3 is 2.50 bits per heavy atom. The van der Waals surface area contributed by atoms with Crippen LogP contribution < -0.4 is 10.1 Å². The Hall–Kier alpha value is -3.81. The minimum Gasteiger partial charge on any atom is -0.496 e. The average Bonchev–Trinajstić information content (AvgIpc) is 2.75. The Balaban J connectivity index is 2.01. The van der Waals surface area contributed by atoms with Gasteiger partial charge in [0.15, 0.2) is 5.54 Å². The topological polar surface area (TPSA) is 88.5 Å². The molecule has 0 bridgehead atoms. The smallest absolute Gasteiger partial charge is 0.333 e.